The SMILES string of the molecule is CCC(C)OC(=O)Cc1ccc(C(F)(F)F)cc1. The van der Waals surface area contributed by atoms with Crippen LogP contribution in [0.2, 0.25) is 0 Å². The molecule has 1 rings (SSSR count). The summed E-state index contributed by atoms with van der Waals surface area (Å²) >= 11 is 0. The van der Waals surface area contributed by atoms with E-state index in [0.29, 0.717) is 12.0 Å². The summed E-state index contributed by atoms with van der Waals surface area (Å²) in [5, 5.41) is 0. The highest BCUT2D eigenvalue weighted by Crippen LogP contribution is 2.29. The number of ether oxygens (including phenoxy) is 1. The second kappa shape index (κ2) is 5.89. The second-order valence-electron chi connectivity index (χ2n) is 4.08. The highest BCUT2D eigenvalue weighted by Gasteiger charge is 2.29. The number of hydrogen-bond acceptors (Lipinski definition) is 2. The monoisotopic (exact) mass is 260 g/mol. The molecule has 18 heavy (non-hydrogen) atoms. The van der Waals surface area contributed by atoms with Gasteiger partial charge in [-0.25, -0.2) is 0 Å². The fraction of sp³-hybridized carbons (Fsp3) is 0.462. The summed E-state index contributed by atoms with van der Waals surface area (Å²) in [6.45, 7) is 3.65. The van der Waals surface area contributed by atoms with Gasteiger partial charge in [0, 0.05) is 0 Å². The third-order valence-corrected chi connectivity index (χ3v) is 2.54. The Morgan fingerprint density at radius 1 is 1.28 bits per heavy atom. The Bertz CT molecular complexity index is 396. The van der Waals surface area contributed by atoms with E-state index in [1.165, 1.54) is 12.1 Å². The van der Waals surface area contributed by atoms with Gasteiger partial charge in [0.2, 0.25) is 0 Å². The van der Waals surface area contributed by atoms with Crippen molar-refractivity contribution in [1.29, 1.82) is 0 Å². The van der Waals surface area contributed by atoms with E-state index in [-0.39, 0.29) is 12.5 Å². The van der Waals surface area contributed by atoms with Gasteiger partial charge in [0.1, 0.15) is 0 Å². The highest BCUT2D eigenvalue weighted by atomic mass is 19.4. The van der Waals surface area contributed by atoms with Crippen LogP contribution in [0.1, 0.15) is 31.4 Å². The Kier molecular flexibility index (Phi) is 4.76. The van der Waals surface area contributed by atoms with Crippen LogP contribution in [0.3, 0.4) is 0 Å². The molecule has 0 aromatic heterocycles. The summed E-state index contributed by atoms with van der Waals surface area (Å²) in [6, 6.07) is 4.51. The number of carbonyl (C=O) groups excluding carboxylic acids is 1. The third-order valence-electron chi connectivity index (χ3n) is 2.54. The molecule has 1 unspecified atom stereocenters. The average molecular weight is 260 g/mol. The zero-order valence-electron chi connectivity index (χ0n) is 10.3. The first-order chi connectivity index (χ1) is 8.32. The van der Waals surface area contributed by atoms with Crippen LogP contribution in [0.4, 0.5) is 13.2 Å². The summed E-state index contributed by atoms with van der Waals surface area (Å²) in [4.78, 5) is 11.4. The van der Waals surface area contributed by atoms with Crippen molar-refractivity contribution in [1.82, 2.24) is 0 Å². The number of rotatable bonds is 4. The molecule has 5 heteroatoms. The van der Waals surface area contributed by atoms with Gasteiger partial charge in [-0.05, 0) is 31.0 Å². The molecule has 100 valence electrons. The number of carbonyl (C=O) groups is 1. The molecule has 0 aliphatic carbocycles. The van der Waals surface area contributed by atoms with Crippen molar-refractivity contribution < 1.29 is 22.7 Å². The first kappa shape index (κ1) is 14.5. The van der Waals surface area contributed by atoms with Gasteiger partial charge >= 0.3 is 12.1 Å². The van der Waals surface area contributed by atoms with E-state index in [4.69, 9.17) is 4.74 Å². The maximum absolute atomic E-state index is 12.3. The number of benzene rings is 1. The molecule has 1 aromatic carbocycles. The minimum Gasteiger partial charge on any atom is -0.462 e. The Morgan fingerprint density at radius 3 is 2.28 bits per heavy atom. The Labute approximate surface area is 104 Å². The minimum absolute atomic E-state index is 0.0114. The van der Waals surface area contributed by atoms with E-state index in [2.05, 4.69) is 0 Å². The number of hydrogen-bond donors (Lipinski definition) is 0. The summed E-state index contributed by atoms with van der Waals surface area (Å²) in [6.07, 6.45) is -3.83. The van der Waals surface area contributed by atoms with Crippen LogP contribution in [0.25, 0.3) is 0 Å². The molecule has 0 fully saturated rings. The van der Waals surface area contributed by atoms with Crippen molar-refractivity contribution >= 4 is 5.97 Å². The smallest absolute Gasteiger partial charge is 0.416 e. The molecule has 0 bridgehead atoms. The lowest BCUT2D eigenvalue weighted by Gasteiger charge is -2.11. The molecular formula is C13H15F3O2. The maximum Gasteiger partial charge on any atom is 0.416 e. The maximum atomic E-state index is 12.3. The lowest BCUT2D eigenvalue weighted by Crippen LogP contribution is -2.15. The molecule has 1 atom stereocenters. The van der Waals surface area contributed by atoms with E-state index in [0.717, 1.165) is 12.1 Å². The van der Waals surface area contributed by atoms with E-state index < -0.39 is 17.7 Å². The third kappa shape index (κ3) is 4.39. The fourth-order valence-corrected chi connectivity index (χ4v) is 1.33. The largest absolute Gasteiger partial charge is 0.462 e. The van der Waals surface area contributed by atoms with Gasteiger partial charge in [-0.15, -0.1) is 0 Å². The van der Waals surface area contributed by atoms with Crippen molar-refractivity contribution in [2.24, 2.45) is 0 Å². The molecule has 0 N–H and O–H groups in total. The van der Waals surface area contributed by atoms with Crippen molar-refractivity contribution in [3.8, 4) is 0 Å². The zero-order valence-corrected chi connectivity index (χ0v) is 10.3. The summed E-state index contributed by atoms with van der Waals surface area (Å²) in [5.41, 5.74) is -0.210. The van der Waals surface area contributed by atoms with Crippen LogP contribution in [-0.2, 0) is 22.1 Å². The van der Waals surface area contributed by atoms with Crippen molar-refractivity contribution in [2.45, 2.75) is 39.0 Å². The molecule has 1 aromatic rings. The van der Waals surface area contributed by atoms with Crippen LogP contribution in [0.5, 0.6) is 0 Å². The van der Waals surface area contributed by atoms with Crippen LogP contribution in [0.15, 0.2) is 24.3 Å². The molecule has 0 radical (unpaired) electrons. The lowest BCUT2D eigenvalue weighted by atomic mass is 10.1. The molecule has 0 heterocycles. The quantitative estimate of drug-likeness (QED) is 0.773. The van der Waals surface area contributed by atoms with Gasteiger partial charge in [0.05, 0.1) is 18.1 Å². The number of alkyl halides is 3. The predicted molar refractivity (Wildman–Crippen MR) is 61.0 cm³/mol. The topological polar surface area (TPSA) is 26.3 Å². The Morgan fingerprint density at radius 2 is 1.83 bits per heavy atom. The van der Waals surface area contributed by atoms with Crippen molar-refractivity contribution in [3.05, 3.63) is 35.4 Å². The van der Waals surface area contributed by atoms with Gasteiger partial charge < -0.3 is 4.74 Å². The predicted octanol–water partition coefficient (Wildman–Crippen LogP) is 3.59. The Hall–Kier alpha value is -1.52. The molecule has 0 aliphatic rings. The molecule has 0 spiro atoms. The fourth-order valence-electron chi connectivity index (χ4n) is 1.33. The van der Waals surface area contributed by atoms with Crippen LogP contribution < -0.4 is 0 Å². The van der Waals surface area contributed by atoms with Crippen molar-refractivity contribution in [3.63, 3.8) is 0 Å². The summed E-state index contributed by atoms with van der Waals surface area (Å²) in [5.74, 6) is -0.427. The number of halogens is 3. The average Bonchev–Trinajstić information content (AvgIpc) is 2.28. The van der Waals surface area contributed by atoms with E-state index in [1.807, 2.05) is 6.92 Å². The second-order valence-corrected chi connectivity index (χ2v) is 4.08. The highest BCUT2D eigenvalue weighted by molar-refractivity contribution is 5.72. The van der Waals surface area contributed by atoms with Crippen molar-refractivity contribution in [2.75, 3.05) is 0 Å². The van der Waals surface area contributed by atoms with Gasteiger partial charge in [0.15, 0.2) is 0 Å². The molecule has 0 aliphatic heterocycles. The zero-order chi connectivity index (χ0) is 13.8. The molecular weight excluding hydrogens is 245 g/mol. The van der Waals surface area contributed by atoms with Gasteiger partial charge in [-0.3, -0.25) is 4.79 Å². The first-order valence-electron chi connectivity index (χ1n) is 5.68. The van der Waals surface area contributed by atoms with Gasteiger partial charge in [-0.2, -0.15) is 13.2 Å². The van der Waals surface area contributed by atoms with Gasteiger partial charge in [-0.1, -0.05) is 19.1 Å². The molecule has 0 saturated carbocycles. The van der Waals surface area contributed by atoms with Crippen LogP contribution in [0, 0.1) is 0 Å². The van der Waals surface area contributed by atoms with Crippen LogP contribution in [-0.4, -0.2) is 12.1 Å². The van der Waals surface area contributed by atoms with E-state index in [9.17, 15) is 18.0 Å². The molecule has 0 amide bonds. The molecule has 0 saturated heterocycles. The lowest BCUT2D eigenvalue weighted by molar-refractivity contribution is -0.147. The van der Waals surface area contributed by atoms with Gasteiger partial charge in [0.25, 0.3) is 0 Å². The number of esters is 1. The minimum atomic E-state index is -4.35. The normalized spacial score (nSPS) is 13.2. The standard InChI is InChI=1S/C13H15F3O2/c1-3-9(2)18-12(17)8-10-4-6-11(7-5-10)13(14,15)16/h4-7,9H,3,8H2,1-2H3. The Balaban J connectivity index is 2.61. The summed E-state index contributed by atoms with van der Waals surface area (Å²) in [7, 11) is 0. The first-order valence-corrected chi connectivity index (χ1v) is 5.68. The molecule has 2 nitrogen and oxygen atoms in total. The summed E-state index contributed by atoms with van der Waals surface area (Å²) < 4.78 is 42.0. The van der Waals surface area contributed by atoms with E-state index in [1.54, 1.807) is 6.92 Å². The van der Waals surface area contributed by atoms with E-state index >= 15 is 0 Å². The van der Waals surface area contributed by atoms with Crippen LogP contribution >= 0.6 is 0 Å².